The van der Waals surface area contributed by atoms with Crippen LogP contribution >= 0.6 is 15.9 Å². The van der Waals surface area contributed by atoms with Crippen molar-refractivity contribution in [1.29, 1.82) is 0 Å². The minimum atomic E-state index is -0.332. The molecule has 0 unspecified atom stereocenters. The van der Waals surface area contributed by atoms with Gasteiger partial charge in [-0.3, -0.25) is 4.98 Å². The van der Waals surface area contributed by atoms with Crippen LogP contribution in [-0.2, 0) is 7.05 Å². The van der Waals surface area contributed by atoms with E-state index in [-0.39, 0.29) is 5.82 Å². The van der Waals surface area contributed by atoms with Crippen molar-refractivity contribution in [3.05, 3.63) is 71.2 Å². The first kappa shape index (κ1) is 16.5. The molecule has 2 aromatic heterocycles. The molecule has 0 spiro atoms. The standard InChI is InChI=1S/C19H14BrFN4O/c1-25-18-5-3-14(26-13-6-8-22-9-7-13)11-17(18)24-19(25)23-12-2-4-15(20)16(21)10-12/h2-11H,1H3,(H,23,24). The zero-order chi connectivity index (χ0) is 18.1. The van der Waals surface area contributed by atoms with E-state index in [1.165, 1.54) is 6.07 Å². The monoisotopic (exact) mass is 412 g/mol. The lowest BCUT2D eigenvalue weighted by Gasteiger charge is -2.07. The number of halogens is 2. The Morgan fingerprint density at radius 2 is 1.85 bits per heavy atom. The molecule has 0 bridgehead atoms. The van der Waals surface area contributed by atoms with Gasteiger partial charge >= 0.3 is 0 Å². The van der Waals surface area contributed by atoms with Gasteiger partial charge < -0.3 is 14.6 Å². The minimum Gasteiger partial charge on any atom is -0.457 e. The topological polar surface area (TPSA) is 52.0 Å². The van der Waals surface area contributed by atoms with Crippen LogP contribution in [0, 0.1) is 5.82 Å². The summed E-state index contributed by atoms with van der Waals surface area (Å²) in [6.07, 6.45) is 3.35. The second-order valence-corrected chi connectivity index (χ2v) is 6.54. The van der Waals surface area contributed by atoms with E-state index in [0.29, 0.717) is 27.6 Å². The minimum absolute atomic E-state index is 0.332. The SMILES string of the molecule is Cn1c(Nc2ccc(Br)c(F)c2)nc2cc(Oc3ccncc3)ccc21. The Morgan fingerprint density at radius 1 is 1.04 bits per heavy atom. The smallest absolute Gasteiger partial charge is 0.208 e. The molecule has 130 valence electrons. The van der Waals surface area contributed by atoms with Crippen LogP contribution in [0.4, 0.5) is 16.0 Å². The number of pyridine rings is 1. The third-order valence-electron chi connectivity index (χ3n) is 3.91. The molecule has 2 aromatic carbocycles. The van der Waals surface area contributed by atoms with Gasteiger partial charge in [-0.25, -0.2) is 9.37 Å². The molecule has 4 rings (SSSR count). The summed E-state index contributed by atoms with van der Waals surface area (Å²) in [5, 5.41) is 3.14. The number of hydrogen-bond donors (Lipinski definition) is 1. The van der Waals surface area contributed by atoms with Crippen molar-refractivity contribution in [1.82, 2.24) is 14.5 Å². The molecule has 0 radical (unpaired) electrons. The Labute approximate surface area is 157 Å². The summed E-state index contributed by atoms with van der Waals surface area (Å²) >= 11 is 3.15. The molecule has 0 aliphatic carbocycles. The van der Waals surface area contributed by atoms with E-state index in [2.05, 4.69) is 31.2 Å². The van der Waals surface area contributed by atoms with E-state index in [1.54, 1.807) is 36.7 Å². The number of nitrogens with zero attached hydrogens (tertiary/aromatic N) is 3. The maximum Gasteiger partial charge on any atom is 0.208 e. The van der Waals surface area contributed by atoms with Gasteiger partial charge in [-0.15, -0.1) is 0 Å². The van der Waals surface area contributed by atoms with Crippen LogP contribution in [0.2, 0.25) is 0 Å². The van der Waals surface area contributed by atoms with Gasteiger partial charge in [0.15, 0.2) is 0 Å². The highest BCUT2D eigenvalue weighted by Gasteiger charge is 2.10. The average Bonchev–Trinajstić information content (AvgIpc) is 2.94. The number of ether oxygens (including phenoxy) is 1. The number of aromatic nitrogens is 3. The number of fused-ring (bicyclic) bond motifs is 1. The molecule has 0 aliphatic heterocycles. The largest absolute Gasteiger partial charge is 0.457 e. The fourth-order valence-corrected chi connectivity index (χ4v) is 2.85. The lowest BCUT2D eigenvalue weighted by atomic mass is 10.3. The molecule has 0 fully saturated rings. The highest BCUT2D eigenvalue weighted by molar-refractivity contribution is 9.10. The summed E-state index contributed by atoms with van der Waals surface area (Å²) in [7, 11) is 1.90. The Bertz CT molecular complexity index is 1080. The van der Waals surface area contributed by atoms with E-state index in [9.17, 15) is 4.39 Å². The summed E-state index contributed by atoms with van der Waals surface area (Å²) in [4.78, 5) is 8.56. The molecule has 4 aromatic rings. The second kappa shape index (κ2) is 6.76. The van der Waals surface area contributed by atoms with Crippen LogP contribution in [0.15, 0.2) is 65.4 Å². The number of aryl methyl sites for hydroxylation is 1. The first-order chi connectivity index (χ1) is 12.6. The molecule has 0 saturated heterocycles. The van der Waals surface area contributed by atoms with Gasteiger partial charge in [0.2, 0.25) is 5.95 Å². The van der Waals surface area contributed by atoms with Crippen LogP contribution < -0.4 is 10.1 Å². The van der Waals surface area contributed by atoms with E-state index in [4.69, 9.17) is 4.74 Å². The van der Waals surface area contributed by atoms with Gasteiger partial charge in [0.25, 0.3) is 0 Å². The van der Waals surface area contributed by atoms with Crippen molar-refractivity contribution < 1.29 is 9.13 Å². The van der Waals surface area contributed by atoms with Gasteiger partial charge in [-0.1, -0.05) is 0 Å². The Hall–Kier alpha value is -2.93. The van der Waals surface area contributed by atoms with Gasteiger partial charge in [-0.2, -0.15) is 0 Å². The molecule has 0 amide bonds. The number of hydrogen-bond acceptors (Lipinski definition) is 4. The lowest BCUT2D eigenvalue weighted by Crippen LogP contribution is -1.99. The molecule has 2 heterocycles. The predicted octanol–water partition coefficient (Wildman–Crippen LogP) is 5.41. The second-order valence-electron chi connectivity index (χ2n) is 5.68. The molecular weight excluding hydrogens is 399 g/mol. The van der Waals surface area contributed by atoms with E-state index < -0.39 is 0 Å². The maximum atomic E-state index is 13.7. The quantitative estimate of drug-likeness (QED) is 0.487. The summed E-state index contributed by atoms with van der Waals surface area (Å²) < 4.78 is 21.9. The predicted molar refractivity (Wildman–Crippen MR) is 102 cm³/mol. The third kappa shape index (κ3) is 3.25. The first-order valence-corrected chi connectivity index (χ1v) is 8.66. The molecule has 1 N–H and O–H groups in total. The van der Waals surface area contributed by atoms with E-state index in [0.717, 1.165) is 11.0 Å². The summed E-state index contributed by atoms with van der Waals surface area (Å²) in [5.74, 6) is 1.67. The van der Waals surface area contributed by atoms with E-state index in [1.807, 2.05) is 29.8 Å². The molecule has 0 saturated carbocycles. The molecule has 7 heteroatoms. The van der Waals surface area contributed by atoms with Crippen molar-refractivity contribution in [3.63, 3.8) is 0 Å². The van der Waals surface area contributed by atoms with Crippen molar-refractivity contribution >= 4 is 38.6 Å². The van der Waals surface area contributed by atoms with Gasteiger partial charge in [-0.05, 0) is 58.4 Å². The molecule has 0 atom stereocenters. The molecule has 0 aliphatic rings. The summed E-state index contributed by atoms with van der Waals surface area (Å²) in [5.41, 5.74) is 2.34. The highest BCUT2D eigenvalue weighted by Crippen LogP contribution is 2.28. The van der Waals surface area contributed by atoms with Crippen molar-refractivity contribution in [2.24, 2.45) is 7.05 Å². The number of nitrogens with one attached hydrogen (secondary N) is 1. The molecule has 26 heavy (non-hydrogen) atoms. The van der Waals surface area contributed by atoms with Gasteiger partial charge in [0, 0.05) is 31.2 Å². The molecular formula is C19H14BrFN4O. The normalized spacial score (nSPS) is 10.9. The Morgan fingerprint density at radius 3 is 2.62 bits per heavy atom. The van der Waals surface area contributed by atoms with Gasteiger partial charge in [0.05, 0.1) is 15.5 Å². The highest BCUT2D eigenvalue weighted by atomic mass is 79.9. The molecule has 5 nitrogen and oxygen atoms in total. The Kier molecular flexibility index (Phi) is 4.30. The average molecular weight is 413 g/mol. The van der Waals surface area contributed by atoms with Crippen molar-refractivity contribution in [3.8, 4) is 11.5 Å². The maximum absolute atomic E-state index is 13.7. The van der Waals surface area contributed by atoms with Crippen LogP contribution in [0.3, 0.4) is 0 Å². The van der Waals surface area contributed by atoms with Crippen molar-refractivity contribution in [2.75, 3.05) is 5.32 Å². The van der Waals surface area contributed by atoms with Crippen LogP contribution in [-0.4, -0.2) is 14.5 Å². The van der Waals surface area contributed by atoms with Crippen LogP contribution in [0.5, 0.6) is 11.5 Å². The Balaban J connectivity index is 1.64. The number of imidazole rings is 1. The first-order valence-electron chi connectivity index (χ1n) is 7.86. The number of rotatable bonds is 4. The van der Waals surface area contributed by atoms with Crippen LogP contribution in [0.25, 0.3) is 11.0 Å². The fraction of sp³-hybridized carbons (Fsp3) is 0.0526. The zero-order valence-electron chi connectivity index (χ0n) is 13.8. The fourth-order valence-electron chi connectivity index (χ4n) is 2.60. The lowest BCUT2D eigenvalue weighted by molar-refractivity contribution is 0.482. The number of benzene rings is 2. The van der Waals surface area contributed by atoms with Crippen molar-refractivity contribution in [2.45, 2.75) is 0 Å². The summed E-state index contributed by atoms with van der Waals surface area (Å²) in [6.45, 7) is 0. The number of anilines is 2. The van der Waals surface area contributed by atoms with Crippen LogP contribution in [0.1, 0.15) is 0 Å². The van der Waals surface area contributed by atoms with Gasteiger partial charge in [0.1, 0.15) is 17.3 Å². The third-order valence-corrected chi connectivity index (χ3v) is 4.56. The zero-order valence-corrected chi connectivity index (χ0v) is 15.4. The van der Waals surface area contributed by atoms with E-state index >= 15 is 0 Å². The summed E-state index contributed by atoms with van der Waals surface area (Å²) in [6, 6.07) is 14.1.